The number of carbonyl (C=O) groups is 1. The first kappa shape index (κ1) is 23.7. The molecule has 0 saturated heterocycles. The maximum atomic E-state index is 14.0. The van der Waals surface area contributed by atoms with Gasteiger partial charge in [-0.05, 0) is 65.6 Å². The van der Waals surface area contributed by atoms with Gasteiger partial charge in [0.05, 0.1) is 17.0 Å². The van der Waals surface area contributed by atoms with E-state index in [1.807, 2.05) is 78.9 Å². The van der Waals surface area contributed by atoms with E-state index in [9.17, 15) is 14.0 Å². The lowest BCUT2D eigenvalue weighted by Crippen LogP contribution is -2.29. The highest BCUT2D eigenvalue weighted by Gasteiger charge is 2.43. The molecule has 0 aliphatic carbocycles. The second kappa shape index (κ2) is 9.63. The monoisotopic (exact) mass is 505 g/mol. The Kier molecular flexibility index (Phi) is 6.00. The molecule has 38 heavy (non-hydrogen) atoms. The summed E-state index contributed by atoms with van der Waals surface area (Å²) in [6, 6.07) is 27.9. The lowest BCUT2D eigenvalue weighted by atomic mass is 9.98. The Morgan fingerprint density at radius 1 is 0.868 bits per heavy atom. The molecule has 0 N–H and O–H groups in total. The number of rotatable bonds is 6. The minimum atomic E-state index is -0.739. The van der Waals surface area contributed by atoms with E-state index in [0.29, 0.717) is 23.6 Å². The number of carbonyl (C=O) groups excluding carboxylic acids is 1. The van der Waals surface area contributed by atoms with Gasteiger partial charge in [0.2, 0.25) is 5.76 Å². The molecule has 6 rings (SSSR count). The summed E-state index contributed by atoms with van der Waals surface area (Å²) in [6.45, 7) is 2.48. The quantitative estimate of drug-likeness (QED) is 0.254. The van der Waals surface area contributed by atoms with E-state index in [1.54, 1.807) is 4.90 Å². The summed E-state index contributed by atoms with van der Waals surface area (Å²) in [5.74, 6) is -0.323. The van der Waals surface area contributed by atoms with Gasteiger partial charge in [-0.2, -0.15) is 0 Å². The Hall–Kier alpha value is -4.71. The number of hydrogen-bond donors (Lipinski definition) is 0. The number of anilines is 1. The summed E-state index contributed by atoms with van der Waals surface area (Å²) in [5, 5.41) is 0.104. The Morgan fingerprint density at radius 2 is 1.61 bits per heavy atom. The van der Waals surface area contributed by atoms with Crippen molar-refractivity contribution in [1.82, 2.24) is 0 Å². The van der Waals surface area contributed by atoms with Crippen molar-refractivity contribution in [2.24, 2.45) is 0 Å². The van der Waals surface area contributed by atoms with Crippen LogP contribution in [-0.4, -0.2) is 5.91 Å². The van der Waals surface area contributed by atoms with Crippen LogP contribution < -0.4 is 15.1 Å². The van der Waals surface area contributed by atoms with Gasteiger partial charge in [-0.1, -0.05) is 61.5 Å². The van der Waals surface area contributed by atoms with Gasteiger partial charge in [0.15, 0.2) is 5.43 Å². The average molecular weight is 506 g/mol. The normalized spacial score (nSPS) is 14.6. The van der Waals surface area contributed by atoms with Crippen LogP contribution in [0.4, 0.5) is 10.1 Å². The largest absolute Gasteiger partial charge is 0.489 e. The molecule has 1 aliphatic heterocycles. The highest BCUT2D eigenvalue weighted by atomic mass is 19.1. The zero-order valence-corrected chi connectivity index (χ0v) is 20.7. The average Bonchev–Trinajstić information content (AvgIpc) is 3.25. The molecular formula is C32H24FNO4. The molecule has 4 aromatic carbocycles. The van der Waals surface area contributed by atoms with Crippen LogP contribution in [-0.2, 0) is 13.0 Å². The van der Waals surface area contributed by atoms with Crippen molar-refractivity contribution in [3.63, 3.8) is 0 Å². The number of ether oxygens (including phenoxy) is 1. The van der Waals surface area contributed by atoms with Crippen LogP contribution in [0.2, 0.25) is 0 Å². The number of nitrogens with zero attached hydrogens (tertiary/aromatic N) is 1. The Morgan fingerprint density at radius 3 is 2.32 bits per heavy atom. The molecule has 0 fully saturated rings. The Balaban J connectivity index is 1.44. The van der Waals surface area contributed by atoms with E-state index < -0.39 is 23.2 Å². The van der Waals surface area contributed by atoms with E-state index in [1.165, 1.54) is 12.1 Å². The van der Waals surface area contributed by atoms with Crippen LogP contribution in [0.3, 0.4) is 0 Å². The van der Waals surface area contributed by atoms with E-state index >= 15 is 0 Å². The van der Waals surface area contributed by atoms with Crippen LogP contribution in [0, 0.1) is 5.82 Å². The van der Waals surface area contributed by atoms with E-state index in [-0.39, 0.29) is 22.3 Å². The molecule has 1 amide bonds. The lowest BCUT2D eigenvalue weighted by Gasteiger charge is -2.25. The summed E-state index contributed by atoms with van der Waals surface area (Å²) >= 11 is 0. The predicted octanol–water partition coefficient (Wildman–Crippen LogP) is 6.82. The van der Waals surface area contributed by atoms with Crippen molar-refractivity contribution in [3.8, 4) is 5.75 Å². The van der Waals surface area contributed by atoms with Crippen LogP contribution in [0.1, 0.15) is 45.8 Å². The van der Waals surface area contributed by atoms with Crippen molar-refractivity contribution in [2.45, 2.75) is 26.0 Å². The van der Waals surface area contributed by atoms with Gasteiger partial charge in [0, 0.05) is 5.69 Å². The zero-order valence-electron chi connectivity index (χ0n) is 20.7. The molecule has 1 unspecified atom stereocenters. The first-order valence-electron chi connectivity index (χ1n) is 12.5. The van der Waals surface area contributed by atoms with Gasteiger partial charge in [-0.15, -0.1) is 0 Å². The molecule has 6 heteroatoms. The third-order valence-corrected chi connectivity index (χ3v) is 6.90. The maximum absolute atomic E-state index is 14.0. The summed E-state index contributed by atoms with van der Waals surface area (Å²) < 4.78 is 25.9. The third kappa shape index (κ3) is 4.14. The summed E-state index contributed by atoms with van der Waals surface area (Å²) in [6.07, 6.45) is 0.860. The zero-order chi connectivity index (χ0) is 26.2. The van der Waals surface area contributed by atoms with E-state index in [2.05, 4.69) is 6.92 Å². The molecule has 5 aromatic rings. The number of hydrogen-bond acceptors (Lipinski definition) is 4. The van der Waals surface area contributed by atoms with Crippen molar-refractivity contribution in [3.05, 3.63) is 141 Å². The number of aryl methyl sites for hydroxylation is 1. The number of benzene rings is 4. The van der Waals surface area contributed by atoms with Gasteiger partial charge in [-0.25, -0.2) is 4.39 Å². The third-order valence-electron chi connectivity index (χ3n) is 6.90. The van der Waals surface area contributed by atoms with Gasteiger partial charge in [-0.3, -0.25) is 14.5 Å². The van der Waals surface area contributed by atoms with Gasteiger partial charge in [0.1, 0.15) is 23.8 Å². The van der Waals surface area contributed by atoms with Crippen molar-refractivity contribution in [1.29, 1.82) is 0 Å². The van der Waals surface area contributed by atoms with Gasteiger partial charge in [0.25, 0.3) is 5.91 Å². The van der Waals surface area contributed by atoms with Crippen LogP contribution in [0.15, 0.2) is 106 Å². The molecule has 188 valence electrons. The lowest BCUT2D eigenvalue weighted by molar-refractivity contribution is 0.0971. The smallest absolute Gasteiger partial charge is 0.295 e. The van der Waals surface area contributed by atoms with Crippen molar-refractivity contribution < 1.29 is 18.3 Å². The molecule has 1 atom stereocenters. The van der Waals surface area contributed by atoms with Gasteiger partial charge >= 0.3 is 0 Å². The molecule has 0 bridgehead atoms. The predicted molar refractivity (Wildman–Crippen MR) is 144 cm³/mol. The number of amides is 1. The summed E-state index contributed by atoms with van der Waals surface area (Å²) in [5.41, 5.74) is 3.49. The fourth-order valence-corrected chi connectivity index (χ4v) is 4.91. The molecule has 0 spiro atoms. The highest BCUT2D eigenvalue weighted by molar-refractivity contribution is 6.10. The molecule has 1 aliphatic rings. The summed E-state index contributed by atoms with van der Waals surface area (Å²) in [7, 11) is 0. The SMILES string of the molecule is CCc1ccc(N2C(=O)c3oc4ccc(F)cc4c(=O)c3C2c2ccc(OCc3ccccc3)cc2)cc1. The topological polar surface area (TPSA) is 59.8 Å². The second-order valence-electron chi connectivity index (χ2n) is 9.26. The van der Waals surface area contributed by atoms with Crippen LogP contribution in [0.25, 0.3) is 11.0 Å². The molecule has 5 nitrogen and oxygen atoms in total. The van der Waals surface area contributed by atoms with E-state index in [4.69, 9.17) is 9.15 Å². The Bertz CT molecular complexity index is 1690. The first-order valence-corrected chi connectivity index (χ1v) is 12.5. The van der Waals surface area contributed by atoms with E-state index in [0.717, 1.165) is 23.6 Å². The van der Waals surface area contributed by atoms with Crippen molar-refractivity contribution in [2.75, 3.05) is 4.90 Å². The fraction of sp³-hybridized carbons (Fsp3) is 0.125. The molecule has 1 aromatic heterocycles. The number of fused-ring (bicyclic) bond motifs is 2. The minimum Gasteiger partial charge on any atom is -0.489 e. The minimum absolute atomic E-state index is 0.0249. The maximum Gasteiger partial charge on any atom is 0.295 e. The second-order valence-corrected chi connectivity index (χ2v) is 9.26. The standard InChI is InChI=1S/C32H24FNO4/c1-2-20-8-13-24(14-9-20)34-29(22-10-15-25(16-11-22)37-19-21-6-4-3-5-7-21)28-30(35)26-18-23(33)12-17-27(26)38-31(28)32(34)36/h3-18,29H,2,19H2,1H3. The number of halogens is 1. The highest BCUT2D eigenvalue weighted by Crippen LogP contribution is 2.41. The van der Waals surface area contributed by atoms with Crippen LogP contribution in [0.5, 0.6) is 5.75 Å². The van der Waals surface area contributed by atoms with Crippen LogP contribution >= 0.6 is 0 Å². The molecular weight excluding hydrogens is 481 g/mol. The van der Waals surface area contributed by atoms with Crippen molar-refractivity contribution >= 4 is 22.6 Å². The van der Waals surface area contributed by atoms with Gasteiger partial charge < -0.3 is 9.15 Å². The summed E-state index contributed by atoms with van der Waals surface area (Å²) in [4.78, 5) is 29.0. The molecule has 0 radical (unpaired) electrons. The molecule has 2 heterocycles. The molecule has 0 saturated carbocycles. The Labute approximate surface area is 218 Å². The first-order chi connectivity index (χ1) is 18.5. The fourth-order valence-electron chi connectivity index (χ4n) is 4.91.